The second-order valence-corrected chi connectivity index (χ2v) is 5.79. The summed E-state index contributed by atoms with van der Waals surface area (Å²) in [5.74, 6) is -0.287. The van der Waals surface area contributed by atoms with E-state index in [1.165, 1.54) is 12.3 Å². The molecule has 0 amide bonds. The van der Waals surface area contributed by atoms with E-state index in [4.69, 9.17) is 4.74 Å². The van der Waals surface area contributed by atoms with Gasteiger partial charge in [0.2, 0.25) is 0 Å². The van der Waals surface area contributed by atoms with Crippen LogP contribution in [0.4, 0.5) is 4.39 Å². The predicted molar refractivity (Wildman–Crippen MR) is 81.7 cm³/mol. The number of hydrogen-bond donors (Lipinski definition) is 1. The standard InChI is InChI=1S/C16H26FN3O/c1-4-18-16(15-6-5-14(17)9-19-15)7-8-20-10-13(3)21-11-12(20)2/h5-6,9,12-13,16,18H,4,7-8,10-11H2,1-3H3. The Morgan fingerprint density at radius 3 is 2.95 bits per heavy atom. The van der Waals surface area contributed by atoms with Crippen LogP contribution in [0.15, 0.2) is 18.3 Å². The molecule has 1 aliphatic heterocycles. The van der Waals surface area contributed by atoms with Gasteiger partial charge in [-0.3, -0.25) is 9.88 Å². The fraction of sp³-hybridized carbons (Fsp3) is 0.688. The summed E-state index contributed by atoms with van der Waals surface area (Å²) >= 11 is 0. The van der Waals surface area contributed by atoms with Gasteiger partial charge in [0.25, 0.3) is 0 Å². The lowest BCUT2D eigenvalue weighted by Crippen LogP contribution is -2.48. The zero-order chi connectivity index (χ0) is 15.2. The highest BCUT2D eigenvalue weighted by atomic mass is 19.1. The van der Waals surface area contributed by atoms with Crippen molar-refractivity contribution in [1.29, 1.82) is 0 Å². The summed E-state index contributed by atoms with van der Waals surface area (Å²) in [6.45, 7) is 10.0. The highest BCUT2D eigenvalue weighted by Gasteiger charge is 2.24. The monoisotopic (exact) mass is 295 g/mol. The molecule has 1 N–H and O–H groups in total. The quantitative estimate of drug-likeness (QED) is 0.874. The van der Waals surface area contributed by atoms with Crippen molar-refractivity contribution >= 4 is 0 Å². The van der Waals surface area contributed by atoms with Crippen LogP contribution in [-0.2, 0) is 4.74 Å². The lowest BCUT2D eigenvalue weighted by Gasteiger charge is -2.37. The average molecular weight is 295 g/mol. The third-order valence-electron chi connectivity index (χ3n) is 4.00. The van der Waals surface area contributed by atoms with Crippen molar-refractivity contribution in [3.8, 4) is 0 Å². The van der Waals surface area contributed by atoms with E-state index in [9.17, 15) is 4.39 Å². The van der Waals surface area contributed by atoms with Crippen LogP contribution in [0.5, 0.6) is 0 Å². The first kappa shape index (κ1) is 16.3. The third-order valence-corrected chi connectivity index (χ3v) is 4.00. The summed E-state index contributed by atoms with van der Waals surface area (Å²) in [6.07, 6.45) is 2.55. The van der Waals surface area contributed by atoms with Gasteiger partial charge in [-0.1, -0.05) is 6.92 Å². The Morgan fingerprint density at radius 2 is 2.29 bits per heavy atom. The Kier molecular flexibility index (Phi) is 6.08. The van der Waals surface area contributed by atoms with Crippen molar-refractivity contribution in [2.24, 2.45) is 0 Å². The van der Waals surface area contributed by atoms with E-state index in [1.54, 1.807) is 6.07 Å². The summed E-state index contributed by atoms with van der Waals surface area (Å²) in [5.41, 5.74) is 0.909. The van der Waals surface area contributed by atoms with Crippen LogP contribution < -0.4 is 5.32 Å². The Hall–Kier alpha value is -1.04. The normalized spacial score (nSPS) is 25.0. The molecule has 0 spiro atoms. The summed E-state index contributed by atoms with van der Waals surface area (Å²) < 4.78 is 18.7. The summed E-state index contributed by atoms with van der Waals surface area (Å²) in [4.78, 5) is 6.67. The Bertz CT molecular complexity index is 426. The van der Waals surface area contributed by atoms with Crippen molar-refractivity contribution in [2.75, 3.05) is 26.2 Å². The number of aromatic nitrogens is 1. The highest BCUT2D eigenvalue weighted by Crippen LogP contribution is 2.18. The smallest absolute Gasteiger partial charge is 0.141 e. The number of nitrogens with one attached hydrogen (secondary N) is 1. The first-order valence-corrected chi connectivity index (χ1v) is 7.80. The number of halogens is 1. The number of hydrogen-bond acceptors (Lipinski definition) is 4. The number of ether oxygens (including phenoxy) is 1. The molecule has 1 aromatic rings. The molecule has 1 aromatic heterocycles. The maximum Gasteiger partial charge on any atom is 0.141 e. The first-order chi connectivity index (χ1) is 10.1. The number of rotatable bonds is 6. The Morgan fingerprint density at radius 1 is 1.48 bits per heavy atom. The SMILES string of the molecule is CCNC(CCN1CC(C)OCC1C)c1ccc(F)cn1. The van der Waals surface area contributed by atoms with Crippen molar-refractivity contribution in [3.05, 3.63) is 29.8 Å². The molecule has 3 unspecified atom stereocenters. The average Bonchev–Trinajstić information content (AvgIpc) is 2.48. The van der Waals surface area contributed by atoms with Crippen molar-refractivity contribution < 1.29 is 9.13 Å². The van der Waals surface area contributed by atoms with Gasteiger partial charge >= 0.3 is 0 Å². The van der Waals surface area contributed by atoms with Crippen LogP contribution >= 0.6 is 0 Å². The zero-order valence-electron chi connectivity index (χ0n) is 13.2. The maximum absolute atomic E-state index is 13.0. The molecule has 0 bridgehead atoms. The minimum absolute atomic E-state index is 0.168. The van der Waals surface area contributed by atoms with Gasteiger partial charge in [0.1, 0.15) is 5.82 Å². The number of nitrogens with zero attached hydrogens (tertiary/aromatic N) is 2. The Labute approximate surface area is 126 Å². The number of morpholine rings is 1. The second kappa shape index (κ2) is 7.82. The van der Waals surface area contributed by atoms with Gasteiger partial charge in [0, 0.05) is 19.1 Å². The minimum atomic E-state index is -0.287. The van der Waals surface area contributed by atoms with E-state index in [1.807, 2.05) is 0 Å². The molecule has 21 heavy (non-hydrogen) atoms. The largest absolute Gasteiger partial charge is 0.376 e. The van der Waals surface area contributed by atoms with E-state index in [-0.39, 0.29) is 11.9 Å². The van der Waals surface area contributed by atoms with Gasteiger partial charge < -0.3 is 10.1 Å². The number of pyridine rings is 1. The molecule has 1 fully saturated rings. The van der Waals surface area contributed by atoms with E-state index in [0.29, 0.717) is 12.1 Å². The topological polar surface area (TPSA) is 37.4 Å². The lowest BCUT2D eigenvalue weighted by atomic mass is 10.1. The first-order valence-electron chi connectivity index (χ1n) is 7.80. The van der Waals surface area contributed by atoms with Crippen LogP contribution in [0, 0.1) is 5.82 Å². The molecule has 118 valence electrons. The molecule has 2 heterocycles. The van der Waals surface area contributed by atoms with Crippen molar-refractivity contribution in [1.82, 2.24) is 15.2 Å². The van der Waals surface area contributed by atoms with Crippen LogP contribution in [0.2, 0.25) is 0 Å². The molecule has 0 saturated carbocycles. The van der Waals surface area contributed by atoms with Crippen LogP contribution in [0.1, 0.15) is 38.9 Å². The minimum Gasteiger partial charge on any atom is -0.376 e. The molecule has 1 aliphatic rings. The van der Waals surface area contributed by atoms with E-state index in [0.717, 1.165) is 38.4 Å². The molecular formula is C16H26FN3O. The van der Waals surface area contributed by atoms with Gasteiger partial charge in [-0.15, -0.1) is 0 Å². The second-order valence-electron chi connectivity index (χ2n) is 5.79. The van der Waals surface area contributed by atoms with E-state index in [2.05, 4.69) is 36.0 Å². The maximum atomic E-state index is 13.0. The lowest BCUT2D eigenvalue weighted by molar-refractivity contribution is -0.0502. The van der Waals surface area contributed by atoms with Gasteiger partial charge in [-0.05, 0) is 38.9 Å². The summed E-state index contributed by atoms with van der Waals surface area (Å²) in [6, 6.07) is 3.87. The van der Waals surface area contributed by atoms with Crippen LogP contribution in [0.3, 0.4) is 0 Å². The van der Waals surface area contributed by atoms with Gasteiger partial charge in [0.05, 0.1) is 30.6 Å². The molecule has 5 heteroatoms. The van der Waals surface area contributed by atoms with Gasteiger partial charge in [0.15, 0.2) is 0 Å². The van der Waals surface area contributed by atoms with Crippen molar-refractivity contribution in [3.63, 3.8) is 0 Å². The summed E-state index contributed by atoms with van der Waals surface area (Å²) in [7, 11) is 0. The predicted octanol–water partition coefficient (Wildman–Crippen LogP) is 2.37. The van der Waals surface area contributed by atoms with Gasteiger partial charge in [-0.25, -0.2) is 4.39 Å². The highest BCUT2D eigenvalue weighted by molar-refractivity contribution is 5.10. The zero-order valence-corrected chi connectivity index (χ0v) is 13.2. The molecule has 0 aliphatic carbocycles. The van der Waals surface area contributed by atoms with E-state index < -0.39 is 0 Å². The fourth-order valence-electron chi connectivity index (χ4n) is 2.77. The fourth-order valence-corrected chi connectivity index (χ4v) is 2.77. The molecule has 2 rings (SSSR count). The molecule has 0 radical (unpaired) electrons. The van der Waals surface area contributed by atoms with Crippen LogP contribution in [0.25, 0.3) is 0 Å². The summed E-state index contributed by atoms with van der Waals surface area (Å²) in [5, 5.41) is 3.44. The molecule has 3 atom stereocenters. The molecule has 1 saturated heterocycles. The van der Waals surface area contributed by atoms with E-state index >= 15 is 0 Å². The Balaban J connectivity index is 1.94. The van der Waals surface area contributed by atoms with Gasteiger partial charge in [-0.2, -0.15) is 0 Å². The van der Waals surface area contributed by atoms with Crippen molar-refractivity contribution in [2.45, 2.75) is 45.4 Å². The molecular weight excluding hydrogens is 269 g/mol. The molecule has 4 nitrogen and oxygen atoms in total. The third kappa shape index (κ3) is 4.73. The molecule has 0 aromatic carbocycles. The van der Waals surface area contributed by atoms with Crippen LogP contribution in [-0.4, -0.2) is 48.3 Å².